The molecular weight excluding hydrogens is 1890 g/mol. The summed E-state index contributed by atoms with van der Waals surface area (Å²) in [5.41, 5.74) is -0.487. The number of nitrogens with zero attached hydrogens (tertiary/aromatic N) is 1. The Bertz CT molecular complexity index is 4670. The Labute approximate surface area is 702 Å². The highest BCUT2D eigenvalue weighted by molar-refractivity contribution is 7.84. The summed E-state index contributed by atoms with van der Waals surface area (Å²) >= 11 is 0. The zero-order valence-electron chi connectivity index (χ0n) is 62.0. The van der Waals surface area contributed by atoms with E-state index in [2.05, 4.69) is 8.37 Å². The zero-order valence-corrected chi connectivity index (χ0v) is 66.9. The molecule has 724 valence electrons. The van der Waals surface area contributed by atoms with E-state index in [0.717, 1.165) is 24.3 Å². The average Bonchev–Trinajstić information content (AvgIpc) is 0.759. The molecule has 8 heterocycles. The van der Waals surface area contributed by atoms with E-state index in [4.69, 9.17) is 75.8 Å². The van der Waals surface area contributed by atoms with Crippen LogP contribution in [0.4, 0.5) is 5.69 Å². The highest BCUT2D eigenvalue weighted by Gasteiger charge is 2.64. The average molecular weight is 1970 g/mol. The molecule has 8 fully saturated rings. The summed E-state index contributed by atoms with van der Waals surface area (Å²) < 4.78 is 310. The summed E-state index contributed by atoms with van der Waals surface area (Å²) in [5.74, 6) is -9.58. The molecule has 0 radical (unpaired) electrons. The topological polar surface area (TPSA) is 1040 Å². The Balaban J connectivity index is 0.948. The van der Waals surface area contributed by atoms with Gasteiger partial charge in [-0.1, -0.05) is 0 Å². The van der Waals surface area contributed by atoms with Gasteiger partial charge in [0.2, 0.25) is 6.29 Å². The van der Waals surface area contributed by atoms with Gasteiger partial charge in [-0.15, -0.1) is 0 Å². The minimum atomic E-state index is -6.22. The number of aliphatic hydroxyl groups excluding tert-OH is 15. The van der Waals surface area contributed by atoms with Gasteiger partial charge >= 0.3 is 85.9 Å². The van der Waals surface area contributed by atoms with Crippen molar-refractivity contribution in [3.05, 3.63) is 34.4 Å². The monoisotopic (exact) mass is 1970 g/mol. The van der Waals surface area contributed by atoms with Gasteiger partial charge in [-0.25, -0.2) is 27.5 Å². The molecule has 0 aromatic heterocycles. The van der Waals surface area contributed by atoms with E-state index in [9.17, 15) is 204 Å². The van der Waals surface area contributed by atoms with Crippen LogP contribution in [0.25, 0.3) is 0 Å². The Morgan fingerprint density at radius 3 is 0.849 bits per heavy atom. The second-order valence-corrected chi connectivity index (χ2v) is 34.7. The second-order valence-electron chi connectivity index (χ2n) is 27.9. The highest BCUT2D eigenvalue weighted by atomic mass is 32.3. The van der Waals surface area contributed by atoms with Gasteiger partial charge in [-0.2, -0.15) is 69.4 Å². The van der Waals surface area contributed by atoms with Gasteiger partial charge in [0.25, 0.3) is 5.69 Å². The molecular formula is C54H81N5O61S6. The van der Waals surface area contributed by atoms with Gasteiger partial charge in [-0.05, 0) is 12.1 Å². The van der Waals surface area contributed by atoms with E-state index < -0.39 is 368 Å². The molecule has 8 aliphatic rings. The van der Waals surface area contributed by atoms with Crippen LogP contribution < -0.4 is 23.6 Å². The fourth-order valence-corrected chi connectivity index (χ4v) is 17.3. The fourth-order valence-electron chi connectivity index (χ4n) is 13.9. The Kier molecular flexibility index (Phi) is 34.0. The van der Waals surface area contributed by atoms with Crippen molar-refractivity contribution in [2.24, 2.45) is 0 Å². The molecule has 126 heavy (non-hydrogen) atoms. The van der Waals surface area contributed by atoms with Crippen LogP contribution >= 0.6 is 0 Å². The van der Waals surface area contributed by atoms with Crippen molar-refractivity contribution in [1.29, 1.82) is 0 Å². The van der Waals surface area contributed by atoms with Crippen molar-refractivity contribution in [2.45, 2.75) is 245 Å². The van der Waals surface area contributed by atoms with Crippen molar-refractivity contribution >= 4 is 91.6 Å². The maximum atomic E-state index is 13.2. The van der Waals surface area contributed by atoms with E-state index in [0.29, 0.717) is 0 Å². The number of ether oxygens (including phenoxy) is 16. The predicted octanol–water partition coefficient (Wildman–Crippen LogP) is -18.8. The first-order valence-corrected chi connectivity index (χ1v) is 43.6. The summed E-state index contributed by atoms with van der Waals surface area (Å²) in [5, 5.41) is 220. The number of aliphatic hydroxyl groups is 15. The molecule has 1 unspecified atom stereocenters. The van der Waals surface area contributed by atoms with Crippen LogP contribution in [0.15, 0.2) is 24.3 Å². The molecule has 9 rings (SSSR count). The molecule has 0 bridgehead atoms. The van der Waals surface area contributed by atoms with Crippen molar-refractivity contribution < 1.29 is 283 Å². The van der Waals surface area contributed by atoms with E-state index >= 15 is 0 Å². The standard InChI is InChI=1S/C54H81N5O61S6/c60-5-11-19(64)20(65)15(55-121(85,86)87)47(104-11)111-34-25(70)27(72)52(116-40(34)44(77)78)108-30-12(6-61)105-49(16(21(30)66)56-122(88,89)90)113-35-28(73)37(119-125(97,98)99)54(117-41(35)45(79)80)110-32-14(8-63)107-50(18(23(32)68)58-124(94,95)96)114-36-29(74)38(120-126(100,101)102)53(118-42(36)46(81)82)109-31-13(7-62)106-48(17(22(31)67)57-123(91,92)93)112-33-24(69)26(71)51(115-39(33)43(75)76)103-10-3-1-9(2-4-10)59(83)84/h1-4,11-42,47-58,60-74H,5-8H2,(H,75,76)(H,77,78)(H,79,80)(H,81,82)(H,85,86,87)(H,88,89,90)(H,91,92,93)(H,94,95,96)(H,97,98,99)(H,100,101,102)/t11-,12-,13-,14-,15-,16-,17-,18-,19-,20-,21-,22-,23-,24-,25-,26-,27-,28+,29+,30-,31-,32-,33+,34+,35+,36+,37-,38-,39+,40+,41+,42+,47-,48-,49-,50-,51?,52-,53-,54-/m1/s1. The van der Waals surface area contributed by atoms with Gasteiger partial charge in [0, 0.05) is 12.1 Å². The molecule has 40 atom stereocenters. The highest BCUT2D eigenvalue weighted by Crippen LogP contribution is 2.41. The van der Waals surface area contributed by atoms with Crippen LogP contribution in [0.3, 0.4) is 0 Å². The summed E-state index contributed by atoms with van der Waals surface area (Å²) in [6.07, 6.45) is -99.4. The molecule has 8 saturated heterocycles. The Hall–Kier alpha value is -5.68. The van der Waals surface area contributed by atoms with Crippen molar-refractivity contribution in [2.75, 3.05) is 26.4 Å². The predicted molar refractivity (Wildman–Crippen MR) is 369 cm³/mol. The minimum Gasteiger partial charge on any atom is -0.479 e. The quantitative estimate of drug-likeness (QED) is 0.0167. The molecule has 66 nitrogen and oxygen atoms in total. The first kappa shape index (κ1) is 104. The molecule has 29 N–H and O–H groups in total. The van der Waals surface area contributed by atoms with Gasteiger partial charge in [-0.3, -0.25) is 37.4 Å². The minimum absolute atomic E-state index is 0.350. The molecule has 0 saturated carbocycles. The van der Waals surface area contributed by atoms with Gasteiger partial charge < -0.3 is 173 Å². The Morgan fingerprint density at radius 1 is 0.317 bits per heavy atom. The maximum absolute atomic E-state index is 13.2. The molecule has 0 aliphatic carbocycles. The third-order valence-corrected chi connectivity index (χ3v) is 22.7. The van der Waals surface area contributed by atoms with Crippen LogP contribution in [0.2, 0.25) is 0 Å². The number of carboxylic acids is 4. The summed E-state index contributed by atoms with van der Waals surface area (Å²) in [6.45, 7) is -6.12. The number of hydrogen-bond acceptors (Lipinski definition) is 51. The largest absolute Gasteiger partial charge is 0.479 e. The Morgan fingerprint density at radius 2 is 0.571 bits per heavy atom. The number of hydrogen-bond donors (Lipinski definition) is 29. The molecule has 1 aromatic rings. The smallest absolute Gasteiger partial charge is 0.397 e. The normalized spacial score (nSPS) is 41.9. The first-order valence-electron chi connectivity index (χ1n) is 35.1. The number of rotatable bonds is 37. The number of nitro benzene ring substituents is 1. The fraction of sp³-hybridized carbons (Fsp3) is 0.815. The SMILES string of the molecule is O=C(O)[C@H]1O[C@@H](O[C@H]2[C@H](O)[C@@H](NS(=O)(=O)O)[C@@H](O[C@H]3[C@H](O)[C@@H](OS(=O)(=O)O)[C@H](O[C@H]4[C@H](O)[C@@H](NS(=O)(=O)O)[C@@H](O[C@H]5[C@H](O)[C@@H](OS(=O)(=O)O)[C@H](O[C@H]6[C@H](O)[C@@H](NS(=O)(=O)O)[C@@H](O[C@H]7[C@H](O)[C@@H](O)C(Oc8ccc([N+](=O)[O-])cc8)O[C@@H]7C(=O)O)O[C@@H]6CO)O[C@@H]5C(=O)O)O[C@@H]4CO)O[C@@H]3C(=O)O)O[C@@H]2CO)[C@H](O)[C@@H](O)[C@@H]1O[C@H]1O[C@H](CO)[C@@H](O)[C@H](O)[C@H]1NS(=O)(=O)O. The number of benzene rings is 1. The zero-order chi connectivity index (χ0) is 94.3. The van der Waals surface area contributed by atoms with Crippen LogP contribution in [0.5, 0.6) is 5.75 Å². The summed E-state index contributed by atoms with van der Waals surface area (Å²) in [4.78, 5) is 62.1. The van der Waals surface area contributed by atoms with E-state index in [1.54, 1.807) is 0 Å². The van der Waals surface area contributed by atoms with E-state index in [1.165, 1.54) is 18.9 Å². The van der Waals surface area contributed by atoms with Crippen molar-refractivity contribution in [3.63, 3.8) is 0 Å². The van der Waals surface area contributed by atoms with Gasteiger partial charge in [0.15, 0.2) is 80.7 Å². The van der Waals surface area contributed by atoms with Crippen molar-refractivity contribution in [1.82, 2.24) is 18.9 Å². The third-order valence-electron chi connectivity index (χ3n) is 19.5. The second kappa shape index (κ2) is 41.2. The van der Waals surface area contributed by atoms with E-state index in [1.807, 2.05) is 0 Å². The number of non-ortho nitro benzene ring substituents is 1. The van der Waals surface area contributed by atoms with Crippen LogP contribution in [-0.4, -0.2) is 475 Å². The summed E-state index contributed by atoms with van der Waals surface area (Å²) in [6, 6.07) is -7.28. The van der Waals surface area contributed by atoms with Gasteiger partial charge in [0.05, 0.1) is 31.4 Å². The number of carboxylic acid groups (broad SMARTS) is 4. The number of nitro groups is 1. The lowest BCUT2D eigenvalue weighted by molar-refractivity contribution is -0.384. The summed E-state index contributed by atoms with van der Waals surface area (Å²) in [7, 11) is -35.5. The van der Waals surface area contributed by atoms with Crippen molar-refractivity contribution in [3.8, 4) is 5.75 Å². The lowest BCUT2D eigenvalue weighted by Gasteiger charge is -2.50. The number of aliphatic carboxylic acids is 4. The molecule has 0 spiro atoms. The number of carbonyl (C=O) groups is 4. The molecule has 8 aliphatic heterocycles. The van der Waals surface area contributed by atoms with Crippen LogP contribution in [-0.2, 0) is 161 Å². The van der Waals surface area contributed by atoms with Crippen LogP contribution in [0, 0.1) is 10.1 Å². The first-order chi connectivity index (χ1) is 58.2. The molecule has 72 heteroatoms. The van der Waals surface area contributed by atoms with Gasteiger partial charge in [0.1, 0.15) is 164 Å². The number of nitrogens with one attached hydrogen (secondary N) is 4. The van der Waals surface area contributed by atoms with Crippen LogP contribution in [0.1, 0.15) is 0 Å². The lowest BCUT2D eigenvalue weighted by atomic mass is 9.94. The molecule has 0 amide bonds. The maximum Gasteiger partial charge on any atom is 0.397 e. The third kappa shape index (κ3) is 25.2. The van der Waals surface area contributed by atoms with E-state index in [-0.39, 0.29) is 5.75 Å². The molecule has 1 aromatic carbocycles. The lowest BCUT2D eigenvalue weighted by Crippen LogP contribution is -2.71.